The van der Waals surface area contributed by atoms with E-state index in [1.807, 2.05) is 6.07 Å². The van der Waals surface area contributed by atoms with E-state index in [0.29, 0.717) is 22.9 Å². The first kappa shape index (κ1) is 21.3. The molecule has 11 heteroatoms. The van der Waals surface area contributed by atoms with Gasteiger partial charge in [0.2, 0.25) is 5.88 Å². The summed E-state index contributed by atoms with van der Waals surface area (Å²) >= 11 is 1.74. The van der Waals surface area contributed by atoms with Crippen LogP contribution < -0.4 is 16.4 Å². The summed E-state index contributed by atoms with van der Waals surface area (Å²) in [5.74, 6) is -0.219. The highest BCUT2D eigenvalue weighted by Gasteiger charge is 2.22. The monoisotopic (exact) mass is 479 g/mol. The molecule has 4 aromatic heterocycles. The van der Waals surface area contributed by atoms with E-state index < -0.39 is 5.69 Å². The normalized spacial score (nSPS) is 19.3. The second-order valence-electron chi connectivity index (χ2n) is 8.74. The molecular weight excluding hydrogens is 454 g/mol. The van der Waals surface area contributed by atoms with Gasteiger partial charge in [-0.05, 0) is 31.9 Å². The van der Waals surface area contributed by atoms with Crippen molar-refractivity contribution in [2.24, 2.45) is 4.99 Å². The molecule has 6 rings (SSSR count). The minimum Gasteiger partial charge on any atom is -0.493 e. The Kier molecular flexibility index (Phi) is 5.31. The molecule has 1 saturated heterocycles. The Morgan fingerprint density at radius 1 is 1.29 bits per heavy atom. The smallest absolute Gasteiger partial charge is 0.326 e. The number of morpholine rings is 1. The number of thiophene rings is 1. The van der Waals surface area contributed by atoms with Crippen molar-refractivity contribution in [3.05, 3.63) is 55.5 Å². The summed E-state index contributed by atoms with van der Waals surface area (Å²) in [6, 6.07) is 4.83. The van der Waals surface area contributed by atoms with E-state index in [4.69, 9.17) is 14.7 Å². The lowest BCUT2D eigenvalue weighted by molar-refractivity contribution is 0.0205. The van der Waals surface area contributed by atoms with Crippen LogP contribution in [0, 0.1) is 0 Å². The van der Waals surface area contributed by atoms with Gasteiger partial charge in [-0.2, -0.15) is 9.61 Å². The fourth-order valence-corrected chi connectivity index (χ4v) is 5.19. The zero-order chi connectivity index (χ0) is 23.2. The summed E-state index contributed by atoms with van der Waals surface area (Å²) in [6.07, 6.45) is 5.49. The third-order valence-corrected chi connectivity index (χ3v) is 7.40. The number of nitrogens with one attached hydrogen (secondary N) is 2. The zero-order valence-electron chi connectivity index (χ0n) is 18.7. The fourth-order valence-electron chi connectivity index (χ4n) is 4.19. The van der Waals surface area contributed by atoms with Crippen molar-refractivity contribution in [1.82, 2.24) is 29.5 Å². The standard InChI is InChI=1S/C23H25N7O3S/c1-13(29-4-6-33-7-5-29)19-9-15(12-34-19)17-10-20(25-16-2-3-16)30-21(26-17)14(11-24-30)8-18-22(31)28-23(32)27-18/h8-13,16,31H,2-7H2,1H3,(H2,27,28,32). The van der Waals surface area contributed by atoms with Gasteiger partial charge in [0.05, 0.1) is 31.1 Å². The van der Waals surface area contributed by atoms with Gasteiger partial charge in [0.1, 0.15) is 5.69 Å². The number of aromatic hydroxyl groups is 1. The molecule has 1 unspecified atom stereocenters. The number of ether oxygens (including phenoxy) is 1. The Hall–Kier alpha value is -3.28. The summed E-state index contributed by atoms with van der Waals surface area (Å²) in [6.45, 7) is 5.66. The maximum atomic E-state index is 11.5. The van der Waals surface area contributed by atoms with Gasteiger partial charge in [-0.1, -0.05) is 0 Å². The fraction of sp³-hybridized carbons (Fsp3) is 0.391. The minimum absolute atomic E-state index is 0.219. The van der Waals surface area contributed by atoms with E-state index in [1.165, 1.54) is 4.88 Å². The van der Waals surface area contributed by atoms with Crippen LogP contribution in [-0.4, -0.2) is 66.9 Å². The van der Waals surface area contributed by atoms with Crippen LogP contribution in [0.3, 0.4) is 0 Å². The first-order chi connectivity index (χ1) is 16.5. The van der Waals surface area contributed by atoms with Crippen molar-refractivity contribution in [2.45, 2.75) is 31.8 Å². The van der Waals surface area contributed by atoms with Gasteiger partial charge in [-0.25, -0.2) is 9.78 Å². The van der Waals surface area contributed by atoms with E-state index in [0.717, 1.165) is 55.9 Å². The molecule has 34 heavy (non-hydrogen) atoms. The van der Waals surface area contributed by atoms with Crippen LogP contribution in [0.2, 0.25) is 0 Å². The lowest BCUT2D eigenvalue weighted by Gasteiger charge is -2.31. The molecule has 1 atom stereocenters. The zero-order valence-corrected chi connectivity index (χ0v) is 19.5. The molecule has 5 heterocycles. The van der Waals surface area contributed by atoms with Crippen LogP contribution in [-0.2, 0) is 4.74 Å². The topological polar surface area (TPSA) is 124 Å². The molecule has 0 aromatic carbocycles. The molecule has 3 N–H and O–H groups in total. The lowest BCUT2D eigenvalue weighted by Crippen LogP contribution is -2.37. The molecule has 4 aromatic rings. The molecular formula is C23H25N7O3S. The predicted molar refractivity (Wildman–Crippen MR) is 128 cm³/mol. The quantitative estimate of drug-likeness (QED) is 0.395. The molecule has 2 fully saturated rings. The van der Waals surface area contributed by atoms with Crippen molar-refractivity contribution in [3.63, 3.8) is 0 Å². The number of rotatable bonds is 5. The number of fused-ring (bicyclic) bond motifs is 1. The van der Waals surface area contributed by atoms with Gasteiger partial charge in [0.15, 0.2) is 11.1 Å². The second kappa shape index (κ2) is 8.49. The van der Waals surface area contributed by atoms with Crippen LogP contribution in [0.4, 0.5) is 0 Å². The lowest BCUT2D eigenvalue weighted by atomic mass is 10.1. The van der Waals surface area contributed by atoms with Gasteiger partial charge in [0, 0.05) is 46.2 Å². The van der Waals surface area contributed by atoms with Crippen molar-refractivity contribution in [3.8, 4) is 17.1 Å². The number of imidazole rings is 1. The van der Waals surface area contributed by atoms with Gasteiger partial charge in [0.25, 0.3) is 0 Å². The highest BCUT2D eigenvalue weighted by atomic mass is 32.1. The molecule has 1 aliphatic heterocycles. The first-order valence-corrected chi connectivity index (χ1v) is 12.3. The van der Waals surface area contributed by atoms with Crippen molar-refractivity contribution >= 4 is 23.1 Å². The molecule has 0 bridgehead atoms. The van der Waals surface area contributed by atoms with Crippen LogP contribution in [0.15, 0.2) is 33.5 Å². The average molecular weight is 480 g/mol. The number of H-pyrrole nitrogens is 2. The van der Waals surface area contributed by atoms with Crippen LogP contribution in [0.1, 0.15) is 36.4 Å². The van der Waals surface area contributed by atoms with E-state index in [2.05, 4.69) is 38.3 Å². The first-order valence-electron chi connectivity index (χ1n) is 11.4. The Labute approximate surface area is 198 Å². The van der Waals surface area contributed by atoms with Gasteiger partial charge in [-0.15, -0.1) is 11.3 Å². The second-order valence-corrected chi connectivity index (χ2v) is 9.69. The van der Waals surface area contributed by atoms with Gasteiger partial charge < -0.3 is 14.8 Å². The van der Waals surface area contributed by atoms with Crippen LogP contribution >= 0.6 is 11.3 Å². The number of hydrogen-bond acceptors (Lipinski definition) is 8. The Morgan fingerprint density at radius 2 is 2.12 bits per heavy atom. The van der Waals surface area contributed by atoms with E-state index in [1.54, 1.807) is 28.1 Å². The summed E-state index contributed by atoms with van der Waals surface area (Å²) in [5.41, 5.74) is 3.05. The van der Waals surface area contributed by atoms with Crippen molar-refractivity contribution < 1.29 is 9.84 Å². The van der Waals surface area contributed by atoms with E-state index >= 15 is 0 Å². The van der Waals surface area contributed by atoms with Crippen LogP contribution in [0.25, 0.3) is 23.0 Å². The largest absolute Gasteiger partial charge is 0.493 e. The summed E-state index contributed by atoms with van der Waals surface area (Å²) in [4.78, 5) is 29.9. The van der Waals surface area contributed by atoms with Crippen molar-refractivity contribution in [2.75, 3.05) is 26.3 Å². The maximum absolute atomic E-state index is 11.5. The molecule has 0 radical (unpaired) electrons. The minimum atomic E-state index is -0.474. The predicted octanol–water partition coefficient (Wildman–Crippen LogP) is 1.18. The Bertz CT molecular complexity index is 1520. The third kappa shape index (κ3) is 4.06. The van der Waals surface area contributed by atoms with Crippen molar-refractivity contribution in [1.29, 1.82) is 0 Å². The van der Waals surface area contributed by atoms with Gasteiger partial charge >= 0.3 is 5.69 Å². The SMILES string of the molecule is CC(c1cc(-c2cc(=NC3CC3)n3ncc(=Cc4[nH]c(=O)[nH]c4O)c3n2)cs1)N1CCOCC1. The van der Waals surface area contributed by atoms with Gasteiger partial charge in [-0.3, -0.25) is 14.9 Å². The maximum Gasteiger partial charge on any atom is 0.326 e. The average Bonchev–Trinajstić information content (AvgIpc) is 3.22. The van der Waals surface area contributed by atoms with E-state index in [-0.39, 0.29) is 11.6 Å². The molecule has 176 valence electrons. The number of nitrogens with zero attached hydrogens (tertiary/aromatic N) is 5. The number of aromatic nitrogens is 5. The molecule has 0 spiro atoms. The summed E-state index contributed by atoms with van der Waals surface area (Å²) in [7, 11) is 0. The Morgan fingerprint density at radius 3 is 2.85 bits per heavy atom. The molecule has 2 aliphatic rings. The summed E-state index contributed by atoms with van der Waals surface area (Å²) in [5, 5.41) is 17.3. The highest BCUT2D eigenvalue weighted by molar-refractivity contribution is 7.10. The third-order valence-electron chi connectivity index (χ3n) is 6.30. The van der Waals surface area contributed by atoms with E-state index in [9.17, 15) is 9.90 Å². The summed E-state index contributed by atoms with van der Waals surface area (Å²) < 4.78 is 7.22. The molecule has 0 amide bonds. The molecule has 10 nitrogen and oxygen atoms in total. The van der Waals surface area contributed by atoms with Crippen LogP contribution in [0.5, 0.6) is 5.88 Å². The molecule has 1 saturated carbocycles. The highest BCUT2D eigenvalue weighted by Crippen LogP contribution is 2.31. The Balaban J connectivity index is 1.45. The number of hydrogen-bond donors (Lipinski definition) is 3. The number of aromatic amines is 2. The molecule has 1 aliphatic carbocycles.